The molecule has 0 atom stereocenters. The van der Waals surface area contributed by atoms with E-state index < -0.39 is 11.7 Å². The molecule has 0 fully saturated rings. The van der Waals surface area contributed by atoms with Crippen LogP contribution < -0.4 is 0 Å². The first-order valence-electron chi connectivity index (χ1n) is 5.93. The zero-order valence-corrected chi connectivity index (χ0v) is 11.6. The maximum Gasteiger partial charge on any atom is 0.410 e. The Morgan fingerprint density at radius 1 is 1.37 bits per heavy atom. The first-order valence-corrected chi connectivity index (χ1v) is 5.93. The zero-order chi connectivity index (χ0) is 14.5. The maximum absolute atomic E-state index is 11.8. The Bertz CT molecular complexity index is 500. The summed E-state index contributed by atoms with van der Waals surface area (Å²) in [5, 5.41) is 0. The molecular weight excluding hydrogens is 244 g/mol. The van der Waals surface area contributed by atoms with Crippen molar-refractivity contribution in [2.24, 2.45) is 4.99 Å². The van der Waals surface area contributed by atoms with Crippen LogP contribution in [-0.2, 0) is 16.1 Å². The lowest BCUT2D eigenvalue weighted by Gasteiger charge is -2.24. The minimum absolute atomic E-state index is 0.316. The molecule has 0 aliphatic rings. The van der Waals surface area contributed by atoms with Gasteiger partial charge in [-0.25, -0.2) is 9.59 Å². The molecule has 0 spiro atoms. The van der Waals surface area contributed by atoms with Crippen LogP contribution >= 0.6 is 0 Å². The van der Waals surface area contributed by atoms with E-state index >= 15 is 0 Å². The molecule has 0 aromatic heterocycles. The number of hydrogen-bond acceptors (Lipinski definition) is 4. The molecule has 0 bridgehead atoms. The number of benzene rings is 1. The van der Waals surface area contributed by atoms with E-state index in [-0.39, 0.29) is 0 Å². The monoisotopic (exact) mass is 262 g/mol. The van der Waals surface area contributed by atoms with E-state index in [1.165, 1.54) is 11.0 Å². The third-order valence-electron chi connectivity index (χ3n) is 2.27. The van der Waals surface area contributed by atoms with Crippen LogP contribution in [0.15, 0.2) is 29.3 Å². The highest BCUT2D eigenvalue weighted by atomic mass is 16.6. The van der Waals surface area contributed by atoms with Gasteiger partial charge in [0.25, 0.3) is 0 Å². The first kappa shape index (κ1) is 14.9. The third kappa shape index (κ3) is 4.94. The zero-order valence-electron chi connectivity index (χ0n) is 11.6. The Morgan fingerprint density at radius 2 is 2.00 bits per heavy atom. The molecule has 0 aliphatic heterocycles. The second-order valence-corrected chi connectivity index (χ2v) is 5.17. The summed E-state index contributed by atoms with van der Waals surface area (Å²) >= 11 is 0. The second-order valence-electron chi connectivity index (χ2n) is 5.17. The Kier molecular flexibility index (Phi) is 4.84. The van der Waals surface area contributed by atoms with Crippen molar-refractivity contribution in [2.75, 3.05) is 7.05 Å². The van der Waals surface area contributed by atoms with Crippen molar-refractivity contribution in [1.82, 2.24) is 4.90 Å². The summed E-state index contributed by atoms with van der Waals surface area (Å²) < 4.78 is 5.25. The highest BCUT2D eigenvalue weighted by Crippen LogP contribution is 2.20. The average molecular weight is 262 g/mol. The van der Waals surface area contributed by atoms with E-state index in [2.05, 4.69) is 4.99 Å². The maximum atomic E-state index is 11.8. The van der Waals surface area contributed by atoms with E-state index in [0.29, 0.717) is 12.2 Å². The summed E-state index contributed by atoms with van der Waals surface area (Å²) in [5.74, 6) is 0. The fourth-order valence-corrected chi connectivity index (χ4v) is 1.46. The van der Waals surface area contributed by atoms with Crippen molar-refractivity contribution >= 4 is 17.9 Å². The minimum atomic E-state index is -0.536. The Morgan fingerprint density at radius 3 is 2.58 bits per heavy atom. The summed E-state index contributed by atoms with van der Waals surface area (Å²) in [6.45, 7) is 5.74. The number of carbonyl (C=O) groups is 1. The molecule has 0 aliphatic carbocycles. The molecule has 5 heteroatoms. The average Bonchev–Trinajstić information content (AvgIpc) is 2.29. The molecule has 1 aromatic rings. The number of rotatable bonds is 3. The number of hydrogen-bond donors (Lipinski definition) is 0. The molecule has 1 amide bonds. The van der Waals surface area contributed by atoms with Crippen molar-refractivity contribution in [1.29, 1.82) is 0 Å². The smallest absolute Gasteiger partial charge is 0.410 e. The van der Waals surface area contributed by atoms with Gasteiger partial charge in [0.2, 0.25) is 6.08 Å². The predicted molar refractivity (Wildman–Crippen MR) is 71.9 cm³/mol. The Hall–Kier alpha value is -2.13. The fraction of sp³-hybridized carbons (Fsp3) is 0.429. The van der Waals surface area contributed by atoms with Crippen LogP contribution in [0, 0.1) is 0 Å². The molecule has 0 saturated heterocycles. The second kappa shape index (κ2) is 6.16. The summed E-state index contributed by atoms with van der Waals surface area (Å²) in [6, 6.07) is 7.09. The molecule has 1 rings (SSSR count). The molecule has 1 aromatic carbocycles. The van der Waals surface area contributed by atoms with Gasteiger partial charge in [0.05, 0.1) is 12.2 Å². The number of carbonyl (C=O) groups excluding carboxylic acids is 2. The van der Waals surface area contributed by atoms with E-state index in [0.717, 1.165) is 5.56 Å². The van der Waals surface area contributed by atoms with E-state index in [1.54, 1.807) is 25.2 Å². The first-order chi connectivity index (χ1) is 8.83. The lowest BCUT2D eigenvalue weighted by Crippen LogP contribution is -2.33. The van der Waals surface area contributed by atoms with Crippen LogP contribution in [0.25, 0.3) is 0 Å². The van der Waals surface area contributed by atoms with Crippen LogP contribution in [0.3, 0.4) is 0 Å². The van der Waals surface area contributed by atoms with Crippen LogP contribution in [0.5, 0.6) is 0 Å². The van der Waals surface area contributed by atoms with Crippen LogP contribution in [-0.4, -0.2) is 29.7 Å². The number of ether oxygens (including phenoxy) is 1. The molecule has 102 valence electrons. The van der Waals surface area contributed by atoms with Gasteiger partial charge in [-0.15, -0.1) is 0 Å². The highest BCUT2D eigenvalue weighted by molar-refractivity contribution is 5.68. The largest absolute Gasteiger partial charge is 0.444 e. The number of para-hydroxylation sites is 1. The summed E-state index contributed by atoms with van der Waals surface area (Å²) in [5.41, 5.74) is 0.735. The fourth-order valence-electron chi connectivity index (χ4n) is 1.46. The Labute approximate surface area is 112 Å². The quantitative estimate of drug-likeness (QED) is 0.621. The summed E-state index contributed by atoms with van der Waals surface area (Å²) in [6.07, 6.45) is 1.09. The van der Waals surface area contributed by atoms with Gasteiger partial charge in [-0.2, -0.15) is 4.99 Å². The van der Waals surface area contributed by atoms with E-state index in [1.807, 2.05) is 26.8 Å². The Balaban J connectivity index is 2.79. The molecular formula is C14H18N2O3. The van der Waals surface area contributed by atoms with Crippen molar-refractivity contribution in [3.8, 4) is 0 Å². The van der Waals surface area contributed by atoms with Gasteiger partial charge >= 0.3 is 6.09 Å². The van der Waals surface area contributed by atoms with Gasteiger partial charge in [-0.3, -0.25) is 0 Å². The number of aliphatic imine (C=N–C) groups is 1. The van der Waals surface area contributed by atoms with Gasteiger partial charge in [-0.05, 0) is 32.4 Å². The third-order valence-corrected chi connectivity index (χ3v) is 2.27. The van der Waals surface area contributed by atoms with E-state index in [9.17, 15) is 9.59 Å². The number of isocyanates is 1. The number of nitrogens with zero attached hydrogens (tertiary/aromatic N) is 2. The van der Waals surface area contributed by atoms with Crippen LogP contribution in [0.4, 0.5) is 10.5 Å². The molecule has 0 unspecified atom stereocenters. The highest BCUT2D eigenvalue weighted by Gasteiger charge is 2.20. The molecule has 0 saturated carbocycles. The molecule has 5 nitrogen and oxygen atoms in total. The summed E-state index contributed by atoms with van der Waals surface area (Å²) in [7, 11) is 1.63. The van der Waals surface area contributed by atoms with Gasteiger partial charge in [0.15, 0.2) is 0 Å². The van der Waals surface area contributed by atoms with Gasteiger partial charge in [-0.1, -0.05) is 18.2 Å². The van der Waals surface area contributed by atoms with Crippen LogP contribution in [0.2, 0.25) is 0 Å². The molecule has 0 N–H and O–H groups in total. The van der Waals surface area contributed by atoms with Crippen LogP contribution in [0.1, 0.15) is 26.3 Å². The predicted octanol–water partition coefficient (Wildman–Crippen LogP) is 3.02. The van der Waals surface area contributed by atoms with Crippen molar-refractivity contribution < 1.29 is 14.3 Å². The number of amides is 1. The van der Waals surface area contributed by atoms with Gasteiger partial charge in [0.1, 0.15) is 5.60 Å². The topological polar surface area (TPSA) is 59.0 Å². The van der Waals surface area contributed by atoms with Crippen molar-refractivity contribution in [3.63, 3.8) is 0 Å². The van der Waals surface area contributed by atoms with E-state index in [4.69, 9.17) is 4.74 Å². The lowest BCUT2D eigenvalue weighted by molar-refractivity contribution is 0.0285. The standard InChI is InChI=1S/C14H18N2O3/c1-14(2,3)19-13(18)16(4)9-11-7-5-6-8-12(11)15-10-17/h5-8H,9H2,1-4H3. The SMILES string of the molecule is CN(Cc1ccccc1N=C=O)C(=O)OC(C)(C)C. The summed E-state index contributed by atoms with van der Waals surface area (Å²) in [4.78, 5) is 27.2. The van der Waals surface area contributed by atoms with Gasteiger partial charge in [0, 0.05) is 7.05 Å². The minimum Gasteiger partial charge on any atom is -0.444 e. The van der Waals surface area contributed by atoms with Crippen molar-refractivity contribution in [3.05, 3.63) is 29.8 Å². The van der Waals surface area contributed by atoms with Crippen molar-refractivity contribution in [2.45, 2.75) is 32.9 Å². The normalized spacial score (nSPS) is 10.5. The molecule has 19 heavy (non-hydrogen) atoms. The van der Waals surface area contributed by atoms with Gasteiger partial charge < -0.3 is 9.64 Å². The molecule has 0 heterocycles. The lowest BCUT2D eigenvalue weighted by atomic mass is 10.1. The molecule has 0 radical (unpaired) electrons.